The molecule has 0 fully saturated rings. The Morgan fingerprint density at radius 3 is 0.512 bits per heavy atom. The summed E-state index contributed by atoms with van der Waals surface area (Å²) in [5, 5.41) is 8.49. The smallest absolute Gasteiger partial charge is 0.0247 e. The van der Waals surface area contributed by atoms with Gasteiger partial charge in [-0.05, 0) is 132 Å². The van der Waals surface area contributed by atoms with Crippen LogP contribution in [0.5, 0.6) is 0 Å². The molecule has 6 aliphatic rings. The summed E-state index contributed by atoms with van der Waals surface area (Å²) in [5.41, 5.74) is 26.2. The predicted molar refractivity (Wildman–Crippen MR) is 342 cm³/mol. The Labute approximate surface area is 495 Å². The van der Waals surface area contributed by atoms with Crippen LogP contribution in [0.25, 0.3) is 32.3 Å². The minimum Gasteiger partial charge on any atom is -0.291 e. The highest BCUT2D eigenvalue weighted by Crippen LogP contribution is 2.36. The van der Waals surface area contributed by atoms with Gasteiger partial charge in [0, 0.05) is 118 Å². The first-order chi connectivity index (χ1) is 41.4. The molecule has 0 saturated carbocycles. The van der Waals surface area contributed by atoms with Crippen molar-refractivity contribution in [2.45, 2.75) is 118 Å². The predicted octanol–water partition coefficient (Wildman–Crippen LogP) is 15.9. The van der Waals surface area contributed by atoms with E-state index in [2.05, 4.69) is 248 Å². The highest BCUT2D eigenvalue weighted by molar-refractivity contribution is 5.91. The van der Waals surface area contributed by atoms with Crippen molar-refractivity contribution in [2.75, 3.05) is 0 Å². The Bertz CT molecular complexity index is 3660. The average molecular weight is 1090 g/mol. The molecule has 6 heteroatoms. The van der Waals surface area contributed by atoms with Crippen LogP contribution in [-0.2, 0) is 118 Å². The van der Waals surface area contributed by atoms with Crippen molar-refractivity contribution in [3.63, 3.8) is 0 Å². The summed E-state index contributed by atoms with van der Waals surface area (Å²) in [5.74, 6) is 0. The Kier molecular flexibility index (Phi) is 13.6. The average Bonchev–Trinajstić information content (AvgIpc) is 3.92. The lowest BCUT2D eigenvalue weighted by molar-refractivity contribution is 0.235. The standard InChI is InChI=1S/C45H39N3.C33H33N3/c1-7-34-8-2-14-38-26-46(25-37(13-1)43(34)38)22-31-19-32(23-47-27-39-15-3-9-35-10-4-16-40(28-47)44(35)39)21-33(20-31)24-48-29-41-17-5-11-36-12-6-18-42(30-48)45(36)41;1-2-8-29-20-34(19-28(29)7-1)16-25-13-26(17-35-21-30-9-3-4-10-31(30)22-35)15-27(14-25)18-36-23-32-11-5-6-12-33(32)24-36/h1-21H,22-30H2;1-15H,16-24H2. The highest BCUT2D eigenvalue weighted by atomic mass is 15.2. The van der Waals surface area contributed by atoms with Crippen LogP contribution < -0.4 is 0 Å². The SMILES string of the molecule is c1cc2c3c(cccc3c1)CN(Cc1cc(CN3Cc4cccc5cccc(c45)C3)cc(CN3Cc4cccc5cccc(c45)C3)c1)C2.c1ccc2c(c1)CN(Cc1cc(CN3Cc4ccccc4C3)cc(CN3Cc4ccccc4C3)c1)C2. The number of rotatable bonds is 12. The molecule has 0 spiro atoms. The lowest BCUT2D eigenvalue weighted by Crippen LogP contribution is -2.28. The van der Waals surface area contributed by atoms with Gasteiger partial charge in [-0.15, -0.1) is 0 Å². The highest BCUT2D eigenvalue weighted by Gasteiger charge is 2.26. The van der Waals surface area contributed by atoms with Crippen LogP contribution in [0.15, 0.2) is 218 Å². The molecule has 0 amide bonds. The van der Waals surface area contributed by atoms with E-state index in [-0.39, 0.29) is 0 Å². The van der Waals surface area contributed by atoms with E-state index in [1.54, 1.807) is 0 Å². The minimum atomic E-state index is 0.954. The third-order valence-corrected chi connectivity index (χ3v) is 19.0. The molecular weight excluding hydrogens is 1020 g/mol. The summed E-state index contributed by atoms with van der Waals surface area (Å²) in [6.45, 7) is 18.2. The summed E-state index contributed by atoms with van der Waals surface area (Å²) in [6, 6.07) is 82.4. The van der Waals surface area contributed by atoms with Crippen molar-refractivity contribution in [1.29, 1.82) is 0 Å². The quantitative estimate of drug-likeness (QED) is 0.121. The van der Waals surface area contributed by atoms with Crippen molar-refractivity contribution in [3.05, 3.63) is 319 Å². The van der Waals surface area contributed by atoms with Gasteiger partial charge < -0.3 is 0 Å². The normalized spacial score (nSPS) is 16.7. The largest absolute Gasteiger partial charge is 0.291 e. The zero-order valence-electron chi connectivity index (χ0n) is 48.2. The molecule has 0 atom stereocenters. The fourth-order valence-electron chi connectivity index (χ4n) is 15.6. The van der Waals surface area contributed by atoms with Gasteiger partial charge in [0.15, 0.2) is 0 Å². The number of hydrogen-bond donors (Lipinski definition) is 0. The van der Waals surface area contributed by atoms with Gasteiger partial charge in [0.25, 0.3) is 0 Å². The van der Waals surface area contributed by atoms with E-state index >= 15 is 0 Å². The molecular formula is C78H72N6. The molecule has 0 N–H and O–H groups in total. The van der Waals surface area contributed by atoms with Gasteiger partial charge in [0.05, 0.1) is 0 Å². The monoisotopic (exact) mass is 1090 g/mol. The maximum Gasteiger partial charge on any atom is 0.0247 e. The summed E-state index contributed by atoms with van der Waals surface area (Å²) in [7, 11) is 0. The topological polar surface area (TPSA) is 19.4 Å². The van der Waals surface area contributed by atoms with Gasteiger partial charge >= 0.3 is 0 Å². The first kappa shape index (κ1) is 51.6. The number of benzene rings is 11. The van der Waals surface area contributed by atoms with Crippen LogP contribution in [-0.4, -0.2) is 29.4 Å². The molecule has 0 unspecified atom stereocenters. The summed E-state index contributed by atoms with van der Waals surface area (Å²) < 4.78 is 0. The molecule has 0 aromatic heterocycles. The second-order valence-electron chi connectivity index (χ2n) is 25.3. The molecule has 6 aliphatic heterocycles. The number of fused-ring (bicyclic) bond motifs is 3. The van der Waals surface area contributed by atoms with Crippen molar-refractivity contribution in [1.82, 2.24) is 29.4 Å². The van der Waals surface area contributed by atoms with E-state index in [0.717, 1.165) is 118 Å². The van der Waals surface area contributed by atoms with Gasteiger partial charge in [-0.25, -0.2) is 0 Å². The molecule has 414 valence electrons. The lowest BCUT2D eigenvalue weighted by atomic mass is 9.94. The van der Waals surface area contributed by atoms with E-state index in [1.165, 1.54) is 132 Å². The summed E-state index contributed by atoms with van der Waals surface area (Å²) in [4.78, 5) is 15.7. The van der Waals surface area contributed by atoms with E-state index in [4.69, 9.17) is 0 Å². The van der Waals surface area contributed by atoms with E-state index in [0.29, 0.717) is 0 Å². The van der Waals surface area contributed by atoms with Crippen molar-refractivity contribution in [3.8, 4) is 0 Å². The first-order valence-electron chi connectivity index (χ1n) is 30.7. The van der Waals surface area contributed by atoms with Crippen LogP contribution in [0.4, 0.5) is 0 Å². The maximum atomic E-state index is 2.63. The minimum absolute atomic E-state index is 0.954. The van der Waals surface area contributed by atoms with Crippen LogP contribution in [0, 0.1) is 0 Å². The summed E-state index contributed by atoms with van der Waals surface area (Å²) in [6.07, 6.45) is 0. The molecule has 0 saturated heterocycles. The fourth-order valence-corrected chi connectivity index (χ4v) is 15.6. The second-order valence-corrected chi connectivity index (χ2v) is 25.3. The number of nitrogens with zero attached hydrogens (tertiary/aromatic N) is 6. The van der Waals surface area contributed by atoms with Crippen molar-refractivity contribution in [2.24, 2.45) is 0 Å². The van der Waals surface area contributed by atoms with Crippen molar-refractivity contribution >= 4 is 32.3 Å². The Morgan fingerprint density at radius 2 is 0.333 bits per heavy atom. The maximum absolute atomic E-state index is 2.63. The van der Waals surface area contributed by atoms with E-state index < -0.39 is 0 Å². The Morgan fingerprint density at radius 1 is 0.179 bits per heavy atom. The third kappa shape index (κ3) is 10.6. The van der Waals surface area contributed by atoms with Gasteiger partial charge in [-0.3, -0.25) is 29.4 Å². The van der Waals surface area contributed by atoms with Gasteiger partial charge in [0.1, 0.15) is 0 Å². The molecule has 0 radical (unpaired) electrons. The lowest BCUT2D eigenvalue weighted by Gasteiger charge is -2.32. The first-order valence-corrected chi connectivity index (χ1v) is 30.7. The molecule has 84 heavy (non-hydrogen) atoms. The van der Waals surface area contributed by atoms with E-state index in [1.807, 2.05) is 0 Å². The summed E-state index contributed by atoms with van der Waals surface area (Å²) >= 11 is 0. The van der Waals surface area contributed by atoms with Gasteiger partial charge in [-0.1, -0.05) is 218 Å². The molecule has 17 rings (SSSR count). The zero-order chi connectivity index (χ0) is 55.5. The third-order valence-electron chi connectivity index (χ3n) is 19.0. The molecule has 0 bridgehead atoms. The van der Waals surface area contributed by atoms with Crippen LogP contribution in [0.3, 0.4) is 0 Å². The molecule has 11 aromatic rings. The fraction of sp³-hybridized carbons (Fsp3) is 0.231. The van der Waals surface area contributed by atoms with E-state index in [9.17, 15) is 0 Å². The van der Waals surface area contributed by atoms with Crippen LogP contribution in [0.1, 0.15) is 100 Å². The molecule has 11 aromatic carbocycles. The van der Waals surface area contributed by atoms with Crippen molar-refractivity contribution < 1.29 is 0 Å². The molecule has 6 heterocycles. The second kappa shape index (κ2) is 22.2. The Hall–Kier alpha value is -8.04. The van der Waals surface area contributed by atoms with Crippen LogP contribution >= 0.6 is 0 Å². The number of hydrogen-bond acceptors (Lipinski definition) is 6. The van der Waals surface area contributed by atoms with Crippen LogP contribution in [0.2, 0.25) is 0 Å². The van der Waals surface area contributed by atoms with Gasteiger partial charge in [-0.2, -0.15) is 0 Å². The van der Waals surface area contributed by atoms with Gasteiger partial charge in [0.2, 0.25) is 0 Å². The Balaban J connectivity index is 0.000000143. The molecule has 6 nitrogen and oxygen atoms in total. The molecule has 0 aliphatic carbocycles. The zero-order valence-corrected chi connectivity index (χ0v) is 48.2.